The summed E-state index contributed by atoms with van der Waals surface area (Å²) >= 11 is 0. The van der Waals surface area contributed by atoms with Crippen molar-refractivity contribution in [3.63, 3.8) is 0 Å². The lowest BCUT2D eigenvalue weighted by molar-refractivity contribution is -0.146. The van der Waals surface area contributed by atoms with E-state index in [9.17, 15) is 18.0 Å². The lowest BCUT2D eigenvalue weighted by atomic mass is 10.3. The molecule has 1 fully saturated rings. The molecule has 1 aliphatic rings. The Hall–Kier alpha value is -3.18. The van der Waals surface area contributed by atoms with E-state index in [4.69, 9.17) is 0 Å². The van der Waals surface area contributed by atoms with Crippen molar-refractivity contribution >= 4 is 17.4 Å². The SMILES string of the molecule is Cn1nccc1C(=O)N1CCCN(c2ccc3nnc(C(F)(F)F)n3n2)CC1. The van der Waals surface area contributed by atoms with E-state index in [0.717, 1.165) is 0 Å². The van der Waals surface area contributed by atoms with E-state index in [0.29, 0.717) is 48.6 Å². The summed E-state index contributed by atoms with van der Waals surface area (Å²) in [6.07, 6.45) is -2.42. The van der Waals surface area contributed by atoms with Crippen molar-refractivity contribution in [2.24, 2.45) is 7.05 Å². The molecule has 1 saturated heterocycles. The Morgan fingerprint density at radius 1 is 1.07 bits per heavy atom. The van der Waals surface area contributed by atoms with Crippen molar-refractivity contribution in [2.45, 2.75) is 12.6 Å². The largest absolute Gasteiger partial charge is 0.453 e. The molecule has 9 nitrogen and oxygen atoms in total. The van der Waals surface area contributed by atoms with Crippen LogP contribution in [0.5, 0.6) is 0 Å². The van der Waals surface area contributed by atoms with Gasteiger partial charge in [0.05, 0.1) is 0 Å². The molecule has 0 N–H and O–H groups in total. The second kappa shape index (κ2) is 6.77. The number of hydrogen-bond acceptors (Lipinski definition) is 6. The number of amides is 1. The number of aryl methyl sites for hydroxylation is 1. The zero-order valence-electron chi connectivity index (χ0n) is 15.0. The van der Waals surface area contributed by atoms with Gasteiger partial charge in [-0.05, 0) is 24.6 Å². The van der Waals surface area contributed by atoms with Crippen molar-refractivity contribution in [1.29, 1.82) is 0 Å². The molecule has 3 aromatic heterocycles. The van der Waals surface area contributed by atoms with Gasteiger partial charge in [0, 0.05) is 39.4 Å². The van der Waals surface area contributed by atoms with E-state index in [1.54, 1.807) is 30.3 Å². The Morgan fingerprint density at radius 2 is 1.89 bits per heavy atom. The number of aromatic nitrogens is 6. The summed E-state index contributed by atoms with van der Waals surface area (Å²) < 4.78 is 41.4. The van der Waals surface area contributed by atoms with Crippen LogP contribution >= 0.6 is 0 Å². The molecule has 4 rings (SSSR count). The van der Waals surface area contributed by atoms with Crippen molar-refractivity contribution in [3.8, 4) is 0 Å². The lowest BCUT2D eigenvalue weighted by Gasteiger charge is -2.22. The molecule has 12 heteroatoms. The number of anilines is 1. The minimum atomic E-state index is -4.64. The van der Waals surface area contributed by atoms with Gasteiger partial charge >= 0.3 is 6.18 Å². The fourth-order valence-corrected chi connectivity index (χ4v) is 3.22. The number of halogens is 3. The molecule has 1 aliphatic heterocycles. The molecule has 0 atom stereocenters. The Morgan fingerprint density at radius 3 is 2.61 bits per heavy atom. The molecule has 0 spiro atoms. The standard InChI is InChI=1S/C16H17F3N8O/c1-24-11(5-6-20-24)14(28)26-8-2-7-25(9-10-26)13-4-3-12-21-22-15(16(17,18)19)27(12)23-13/h3-6H,2,7-10H2,1H3. The Labute approximate surface area is 157 Å². The van der Waals surface area contributed by atoms with Crippen LogP contribution in [-0.2, 0) is 13.2 Å². The zero-order valence-corrected chi connectivity index (χ0v) is 15.0. The maximum atomic E-state index is 13.1. The minimum absolute atomic E-state index is 0.0268. The predicted molar refractivity (Wildman–Crippen MR) is 91.7 cm³/mol. The normalized spacial score (nSPS) is 15.9. The van der Waals surface area contributed by atoms with Crippen LogP contribution in [0.15, 0.2) is 24.4 Å². The lowest BCUT2D eigenvalue weighted by Crippen LogP contribution is -2.36. The fraction of sp³-hybridized carbons (Fsp3) is 0.438. The molecule has 0 bridgehead atoms. The van der Waals surface area contributed by atoms with E-state index in [-0.39, 0.29) is 11.6 Å². The van der Waals surface area contributed by atoms with Crippen molar-refractivity contribution in [1.82, 2.24) is 34.5 Å². The quantitative estimate of drug-likeness (QED) is 0.650. The first-order chi connectivity index (χ1) is 13.3. The minimum Gasteiger partial charge on any atom is -0.353 e. The second-order valence-electron chi connectivity index (χ2n) is 6.46. The summed E-state index contributed by atoms with van der Waals surface area (Å²) in [6, 6.07) is 4.72. The molecule has 1 amide bonds. The topological polar surface area (TPSA) is 84.5 Å². The molecule has 0 radical (unpaired) electrons. The van der Waals surface area contributed by atoms with Gasteiger partial charge < -0.3 is 9.80 Å². The number of rotatable bonds is 2. The highest BCUT2D eigenvalue weighted by Gasteiger charge is 2.37. The third kappa shape index (κ3) is 3.25. The first-order valence-corrected chi connectivity index (χ1v) is 8.66. The molecule has 0 saturated carbocycles. The molecule has 0 unspecified atom stereocenters. The van der Waals surface area contributed by atoms with Crippen LogP contribution in [0.2, 0.25) is 0 Å². The van der Waals surface area contributed by atoms with Gasteiger partial charge in [0.2, 0.25) is 0 Å². The van der Waals surface area contributed by atoms with Gasteiger partial charge in [-0.3, -0.25) is 9.48 Å². The van der Waals surface area contributed by atoms with Crippen LogP contribution in [0, 0.1) is 0 Å². The average Bonchev–Trinajstić information content (AvgIpc) is 3.19. The van der Waals surface area contributed by atoms with E-state index in [1.165, 1.54) is 10.7 Å². The van der Waals surface area contributed by atoms with Gasteiger partial charge in [-0.2, -0.15) is 22.8 Å². The van der Waals surface area contributed by atoms with Crippen LogP contribution in [0.3, 0.4) is 0 Å². The van der Waals surface area contributed by atoms with E-state index in [2.05, 4.69) is 20.4 Å². The molecular weight excluding hydrogens is 377 g/mol. The molecule has 0 aromatic carbocycles. The summed E-state index contributed by atoms with van der Waals surface area (Å²) in [5, 5.41) is 14.8. The Bertz CT molecular complexity index is 1010. The summed E-state index contributed by atoms with van der Waals surface area (Å²) in [6.45, 7) is 1.99. The fourth-order valence-electron chi connectivity index (χ4n) is 3.22. The maximum absolute atomic E-state index is 13.1. The number of carbonyl (C=O) groups excluding carboxylic acids is 1. The van der Waals surface area contributed by atoms with Gasteiger partial charge in [0.15, 0.2) is 5.65 Å². The van der Waals surface area contributed by atoms with Crippen LogP contribution < -0.4 is 4.90 Å². The van der Waals surface area contributed by atoms with Crippen LogP contribution in [0.25, 0.3) is 5.65 Å². The first-order valence-electron chi connectivity index (χ1n) is 8.66. The summed E-state index contributed by atoms with van der Waals surface area (Å²) in [5.74, 6) is -0.900. The highest BCUT2D eigenvalue weighted by Crippen LogP contribution is 2.28. The predicted octanol–water partition coefficient (Wildman–Crippen LogP) is 1.23. The van der Waals surface area contributed by atoms with Crippen LogP contribution in [0.1, 0.15) is 22.7 Å². The smallest absolute Gasteiger partial charge is 0.353 e. The third-order valence-electron chi connectivity index (χ3n) is 4.65. The van der Waals surface area contributed by atoms with Crippen molar-refractivity contribution < 1.29 is 18.0 Å². The van der Waals surface area contributed by atoms with Crippen LogP contribution in [-0.4, -0.2) is 66.6 Å². The summed E-state index contributed by atoms with van der Waals surface area (Å²) in [7, 11) is 1.70. The molecule has 4 heterocycles. The molecule has 148 valence electrons. The first kappa shape index (κ1) is 18.2. The van der Waals surface area contributed by atoms with Gasteiger partial charge in [0.1, 0.15) is 11.5 Å². The Balaban J connectivity index is 1.54. The van der Waals surface area contributed by atoms with E-state index in [1.807, 2.05) is 4.90 Å². The summed E-state index contributed by atoms with van der Waals surface area (Å²) in [4.78, 5) is 16.2. The maximum Gasteiger partial charge on any atom is 0.453 e. The molecule has 28 heavy (non-hydrogen) atoms. The number of alkyl halides is 3. The molecule has 3 aromatic rings. The molecular formula is C16H17F3N8O. The van der Waals surface area contributed by atoms with Crippen molar-refractivity contribution in [2.75, 3.05) is 31.1 Å². The van der Waals surface area contributed by atoms with Gasteiger partial charge in [-0.1, -0.05) is 0 Å². The van der Waals surface area contributed by atoms with Gasteiger partial charge in [-0.25, -0.2) is 0 Å². The number of nitrogens with zero attached hydrogens (tertiary/aromatic N) is 8. The number of carbonyl (C=O) groups is 1. The Kier molecular flexibility index (Phi) is 4.40. The third-order valence-corrected chi connectivity index (χ3v) is 4.65. The van der Waals surface area contributed by atoms with E-state index >= 15 is 0 Å². The molecule has 0 aliphatic carbocycles. The highest BCUT2D eigenvalue weighted by atomic mass is 19.4. The van der Waals surface area contributed by atoms with Crippen LogP contribution in [0.4, 0.5) is 19.0 Å². The monoisotopic (exact) mass is 394 g/mol. The summed E-state index contributed by atoms with van der Waals surface area (Å²) in [5.41, 5.74) is 0.520. The zero-order chi connectivity index (χ0) is 19.9. The van der Waals surface area contributed by atoms with Gasteiger partial charge in [0.25, 0.3) is 11.7 Å². The second-order valence-corrected chi connectivity index (χ2v) is 6.46. The number of hydrogen-bond donors (Lipinski definition) is 0. The highest BCUT2D eigenvalue weighted by molar-refractivity contribution is 5.92. The van der Waals surface area contributed by atoms with E-state index < -0.39 is 12.0 Å². The average molecular weight is 394 g/mol. The van der Waals surface area contributed by atoms with Crippen molar-refractivity contribution in [3.05, 3.63) is 35.9 Å². The van der Waals surface area contributed by atoms with Gasteiger partial charge in [-0.15, -0.1) is 15.3 Å². The number of fused-ring (bicyclic) bond motifs is 1.